The van der Waals surface area contributed by atoms with Crippen molar-refractivity contribution in [1.29, 1.82) is 0 Å². The lowest BCUT2D eigenvalue weighted by Gasteiger charge is -2.50. The van der Waals surface area contributed by atoms with Crippen LogP contribution in [0.2, 0.25) is 0 Å². The van der Waals surface area contributed by atoms with E-state index in [4.69, 9.17) is 14.2 Å². The summed E-state index contributed by atoms with van der Waals surface area (Å²) < 4.78 is 18.0. The normalized spacial score (nSPS) is 28.1. The minimum atomic E-state index is -1.16. The molecule has 0 N–H and O–H groups in total. The molecule has 2 heterocycles. The van der Waals surface area contributed by atoms with E-state index in [1.54, 1.807) is 0 Å². The SMILES string of the molecule is CCOC(=O)[C@H]1CC[C@H](OC(C(=O)OC(C)(C)C)(N2CCCCC2)N2CCCC2)CC1. The quantitative estimate of drug-likeness (QED) is 0.561. The Morgan fingerprint density at radius 3 is 1.84 bits per heavy atom. The molecule has 3 fully saturated rings. The molecule has 2 saturated heterocycles. The van der Waals surface area contributed by atoms with Crippen LogP contribution in [-0.4, -0.2) is 72.1 Å². The van der Waals surface area contributed by atoms with Gasteiger partial charge >= 0.3 is 11.9 Å². The minimum absolute atomic E-state index is 0.0579. The second-order valence-corrected chi connectivity index (χ2v) is 10.2. The van der Waals surface area contributed by atoms with E-state index in [0.717, 1.165) is 77.5 Å². The maximum Gasteiger partial charge on any atom is 0.371 e. The van der Waals surface area contributed by atoms with Gasteiger partial charge in [-0.05, 0) is 79.1 Å². The summed E-state index contributed by atoms with van der Waals surface area (Å²) in [4.78, 5) is 30.4. The molecule has 1 unspecified atom stereocenters. The summed E-state index contributed by atoms with van der Waals surface area (Å²) >= 11 is 0. The van der Waals surface area contributed by atoms with Crippen molar-refractivity contribution in [1.82, 2.24) is 9.80 Å². The summed E-state index contributed by atoms with van der Waals surface area (Å²) in [7, 11) is 0. The molecule has 0 radical (unpaired) electrons. The number of ether oxygens (including phenoxy) is 3. The van der Waals surface area contributed by atoms with Crippen molar-refractivity contribution in [2.75, 3.05) is 32.8 Å². The van der Waals surface area contributed by atoms with Crippen molar-refractivity contribution in [3.05, 3.63) is 0 Å². The predicted molar refractivity (Wildman–Crippen MR) is 118 cm³/mol. The Morgan fingerprint density at radius 1 is 0.839 bits per heavy atom. The third kappa shape index (κ3) is 5.99. The highest BCUT2D eigenvalue weighted by molar-refractivity contribution is 5.79. The third-order valence-corrected chi connectivity index (χ3v) is 6.61. The van der Waals surface area contributed by atoms with Crippen LogP contribution in [-0.2, 0) is 23.8 Å². The molecule has 1 aliphatic carbocycles. The summed E-state index contributed by atoms with van der Waals surface area (Å²) in [6, 6.07) is 0. The van der Waals surface area contributed by atoms with E-state index < -0.39 is 11.4 Å². The standard InChI is InChI=1S/C24H42N2O5/c1-5-29-21(27)19-11-13-20(14-12-19)30-24(26-17-9-10-18-26,22(28)31-23(2,3)4)25-15-7-6-8-16-25/h19-20H,5-18H2,1-4H3/t19-,20-,24?. The summed E-state index contributed by atoms with van der Waals surface area (Å²) in [5.74, 6) is -1.60. The number of hydrogen-bond acceptors (Lipinski definition) is 7. The summed E-state index contributed by atoms with van der Waals surface area (Å²) in [6.45, 7) is 11.4. The maximum atomic E-state index is 13.8. The third-order valence-electron chi connectivity index (χ3n) is 6.61. The molecule has 7 nitrogen and oxygen atoms in total. The summed E-state index contributed by atoms with van der Waals surface area (Å²) in [5.41, 5.74) is -0.581. The average molecular weight is 439 g/mol. The topological polar surface area (TPSA) is 68.3 Å². The first-order valence-electron chi connectivity index (χ1n) is 12.3. The zero-order valence-electron chi connectivity index (χ0n) is 20.0. The molecular formula is C24H42N2O5. The molecule has 0 spiro atoms. The molecule has 1 saturated carbocycles. The smallest absolute Gasteiger partial charge is 0.371 e. The molecule has 0 amide bonds. The Bertz CT molecular complexity index is 600. The second kappa shape index (κ2) is 10.6. The molecule has 0 bridgehead atoms. The van der Waals surface area contributed by atoms with E-state index in [0.29, 0.717) is 6.61 Å². The van der Waals surface area contributed by atoms with Crippen LogP contribution in [0.1, 0.15) is 85.5 Å². The molecule has 2 aliphatic heterocycles. The lowest BCUT2D eigenvalue weighted by Crippen LogP contribution is -2.69. The molecule has 31 heavy (non-hydrogen) atoms. The van der Waals surface area contributed by atoms with Gasteiger partial charge in [-0.25, -0.2) is 4.79 Å². The Labute approximate surface area is 187 Å². The van der Waals surface area contributed by atoms with Crippen LogP contribution in [0.3, 0.4) is 0 Å². The van der Waals surface area contributed by atoms with Crippen molar-refractivity contribution in [2.24, 2.45) is 5.92 Å². The van der Waals surface area contributed by atoms with Crippen molar-refractivity contribution < 1.29 is 23.8 Å². The number of piperidine rings is 1. The van der Waals surface area contributed by atoms with Crippen molar-refractivity contribution >= 4 is 11.9 Å². The molecule has 0 aromatic carbocycles. The van der Waals surface area contributed by atoms with E-state index in [2.05, 4.69) is 9.80 Å². The van der Waals surface area contributed by atoms with Gasteiger partial charge in [0.05, 0.1) is 18.6 Å². The Kier molecular flexibility index (Phi) is 8.38. The van der Waals surface area contributed by atoms with Crippen molar-refractivity contribution in [2.45, 2.75) is 103 Å². The van der Waals surface area contributed by atoms with Crippen LogP contribution in [0.15, 0.2) is 0 Å². The maximum absolute atomic E-state index is 13.8. The van der Waals surface area contributed by atoms with Gasteiger partial charge in [-0.1, -0.05) is 6.42 Å². The molecule has 3 rings (SSSR count). The molecule has 3 aliphatic rings. The molecule has 1 atom stereocenters. The number of hydrogen-bond donors (Lipinski definition) is 0. The molecule has 0 aromatic rings. The zero-order valence-corrected chi connectivity index (χ0v) is 20.0. The first-order chi connectivity index (χ1) is 14.8. The highest BCUT2D eigenvalue weighted by atomic mass is 16.6. The van der Waals surface area contributed by atoms with E-state index >= 15 is 0 Å². The number of esters is 2. The first kappa shape index (κ1) is 24.5. The van der Waals surface area contributed by atoms with Gasteiger partial charge in [0, 0.05) is 26.2 Å². The van der Waals surface area contributed by atoms with Crippen LogP contribution in [0.4, 0.5) is 0 Å². The van der Waals surface area contributed by atoms with Gasteiger partial charge in [0.25, 0.3) is 5.85 Å². The highest BCUT2D eigenvalue weighted by Crippen LogP contribution is 2.37. The number of carbonyl (C=O) groups excluding carboxylic acids is 2. The fraction of sp³-hybridized carbons (Fsp3) is 0.917. The molecular weight excluding hydrogens is 396 g/mol. The van der Waals surface area contributed by atoms with Crippen molar-refractivity contribution in [3.63, 3.8) is 0 Å². The Hall–Kier alpha value is -1.18. The fourth-order valence-corrected chi connectivity index (χ4v) is 5.13. The van der Waals surface area contributed by atoms with Gasteiger partial charge in [0.2, 0.25) is 0 Å². The fourth-order valence-electron chi connectivity index (χ4n) is 5.13. The minimum Gasteiger partial charge on any atom is -0.466 e. The highest BCUT2D eigenvalue weighted by Gasteiger charge is 2.55. The molecule has 7 heteroatoms. The lowest BCUT2D eigenvalue weighted by atomic mass is 9.87. The summed E-state index contributed by atoms with van der Waals surface area (Å²) in [6.07, 6.45) is 8.39. The van der Waals surface area contributed by atoms with Crippen LogP contribution in [0.25, 0.3) is 0 Å². The molecule has 0 aromatic heterocycles. The van der Waals surface area contributed by atoms with Gasteiger partial charge in [0.15, 0.2) is 0 Å². The van der Waals surface area contributed by atoms with E-state index in [9.17, 15) is 9.59 Å². The first-order valence-corrected chi connectivity index (χ1v) is 12.3. The zero-order chi connectivity index (χ0) is 22.5. The monoisotopic (exact) mass is 438 g/mol. The molecule has 178 valence electrons. The van der Waals surface area contributed by atoms with Crippen molar-refractivity contribution in [3.8, 4) is 0 Å². The van der Waals surface area contributed by atoms with Gasteiger partial charge in [-0.2, -0.15) is 0 Å². The Balaban J connectivity index is 1.82. The van der Waals surface area contributed by atoms with Gasteiger partial charge in [0.1, 0.15) is 5.60 Å². The number of likely N-dealkylation sites (tertiary alicyclic amines) is 2. The van der Waals surface area contributed by atoms with E-state index in [-0.39, 0.29) is 24.0 Å². The van der Waals surface area contributed by atoms with Gasteiger partial charge < -0.3 is 14.2 Å². The van der Waals surface area contributed by atoms with Crippen LogP contribution in [0, 0.1) is 5.92 Å². The van der Waals surface area contributed by atoms with E-state index in [1.165, 1.54) is 6.42 Å². The number of rotatable bonds is 7. The number of nitrogens with zero attached hydrogens (tertiary/aromatic N) is 2. The van der Waals surface area contributed by atoms with E-state index in [1.807, 2.05) is 27.7 Å². The predicted octanol–water partition coefficient (Wildman–Crippen LogP) is 3.70. The van der Waals surface area contributed by atoms with Crippen LogP contribution >= 0.6 is 0 Å². The number of carbonyl (C=O) groups is 2. The largest absolute Gasteiger partial charge is 0.466 e. The van der Waals surface area contributed by atoms with Crippen LogP contribution < -0.4 is 0 Å². The second-order valence-electron chi connectivity index (χ2n) is 10.2. The summed E-state index contributed by atoms with van der Waals surface area (Å²) in [5, 5.41) is 0. The average Bonchev–Trinajstić information content (AvgIpc) is 3.27. The van der Waals surface area contributed by atoms with Gasteiger partial charge in [-0.3, -0.25) is 14.6 Å². The lowest BCUT2D eigenvalue weighted by molar-refractivity contribution is -0.279. The Morgan fingerprint density at radius 2 is 1.35 bits per heavy atom. The van der Waals surface area contributed by atoms with Gasteiger partial charge in [-0.15, -0.1) is 0 Å². The van der Waals surface area contributed by atoms with Crippen LogP contribution in [0.5, 0.6) is 0 Å².